The van der Waals surface area contributed by atoms with Gasteiger partial charge in [0.2, 0.25) is 0 Å². The molecule has 2 amide bonds. The molecule has 1 atom stereocenters. The Balaban J connectivity index is 2.13. The lowest BCUT2D eigenvalue weighted by molar-refractivity contribution is -0.123. The Morgan fingerprint density at radius 2 is 2.07 bits per heavy atom. The van der Waals surface area contributed by atoms with Crippen molar-refractivity contribution >= 4 is 17.7 Å². The van der Waals surface area contributed by atoms with Crippen LogP contribution in [0.3, 0.4) is 0 Å². The first kappa shape index (κ1) is 9.51. The van der Waals surface area contributed by atoms with Crippen molar-refractivity contribution in [2.75, 3.05) is 5.73 Å². The van der Waals surface area contributed by atoms with Crippen molar-refractivity contribution in [3.63, 3.8) is 0 Å². The summed E-state index contributed by atoms with van der Waals surface area (Å²) in [7, 11) is 0. The Hall–Kier alpha value is -2.04. The van der Waals surface area contributed by atoms with Crippen LogP contribution in [0.1, 0.15) is 5.56 Å². The zero-order chi connectivity index (χ0) is 10.8. The molecular weight excluding hydrogens is 196 g/mol. The minimum atomic E-state index is -0.762. The minimum Gasteiger partial charge on any atom is -0.435 e. The SMILES string of the molecule is Nc1ccccc1CC1OC(=O)NC1=O. The van der Waals surface area contributed by atoms with Gasteiger partial charge in [-0.1, -0.05) is 18.2 Å². The maximum absolute atomic E-state index is 11.2. The van der Waals surface area contributed by atoms with Crippen LogP contribution in [-0.2, 0) is 16.0 Å². The van der Waals surface area contributed by atoms with Gasteiger partial charge >= 0.3 is 6.09 Å². The van der Waals surface area contributed by atoms with Gasteiger partial charge in [-0.2, -0.15) is 0 Å². The van der Waals surface area contributed by atoms with E-state index in [0.29, 0.717) is 12.1 Å². The number of alkyl carbamates (subject to hydrolysis) is 1. The van der Waals surface area contributed by atoms with E-state index in [2.05, 4.69) is 5.32 Å². The lowest BCUT2D eigenvalue weighted by Gasteiger charge is -2.08. The third-order valence-corrected chi connectivity index (χ3v) is 2.23. The fraction of sp³-hybridized carbons (Fsp3) is 0.200. The van der Waals surface area contributed by atoms with Crippen LogP contribution < -0.4 is 11.1 Å². The van der Waals surface area contributed by atoms with Gasteiger partial charge in [0.1, 0.15) is 0 Å². The number of nitrogens with two attached hydrogens (primary N) is 1. The van der Waals surface area contributed by atoms with Crippen molar-refractivity contribution in [2.45, 2.75) is 12.5 Å². The van der Waals surface area contributed by atoms with Crippen LogP contribution in [0.5, 0.6) is 0 Å². The number of benzene rings is 1. The first-order chi connectivity index (χ1) is 7.16. The van der Waals surface area contributed by atoms with E-state index in [1.165, 1.54) is 0 Å². The molecule has 15 heavy (non-hydrogen) atoms. The summed E-state index contributed by atoms with van der Waals surface area (Å²) in [5.41, 5.74) is 7.10. The first-order valence-electron chi connectivity index (χ1n) is 4.51. The Morgan fingerprint density at radius 3 is 2.67 bits per heavy atom. The van der Waals surface area contributed by atoms with Crippen LogP contribution in [-0.4, -0.2) is 18.1 Å². The number of hydrogen-bond acceptors (Lipinski definition) is 4. The van der Waals surface area contributed by atoms with E-state index in [1.807, 2.05) is 6.07 Å². The monoisotopic (exact) mass is 206 g/mol. The summed E-state index contributed by atoms with van der Waals surface area (Å²) in [5, 5.41) is 2.07. The average molecular weight is 206 g/mol. The molecule has 78 valence electrons. The van der Waals surface area contributed by atoms with Gasteiger partial charge in [0.15, 0.2) is 6.10 Å². The number of para-hydroxylation sites is 1. The fourth-order valence-electron chi connectivity index (χ4n) is 1.45. The molecule has 0 radical (unpaired) electrons. The van der Waals surface area contributed by atoms with Gasteiger partial charge in [0, 0.05) is 12.1 Å². The molecule has 0 aromatic heterocycles. The number of cyclic esters (lactones) is 1. The number of ether oxygens (including phenoxy) is 1. The van der Waals surface area contributed by atoms with Crippen LogP contribution in [0, 0.1) is 0 Å². The molecule has 1 saturated heterocycles. The van der Waals surface area contributed by atoms with Crippen LogP contribution in [0.4, 0.5) is 10.5 Å². The second kappa shape index (κ2) is 3.61. The van der Waals surface area contributed by atoms with Gasteiger partial charge in [-0.15, -0.1) is 0 Å². The summed E-state index contributed by atoms with van der Waals surface area (Å²) < 4.78 is 4.78. The predicted molar refractivity (Wildman–Crippen MR) is 53.0 cm³/mol. The quantitative estimate of drug-likeness (QED) is 0.688. The predicted octanol–water partition coefficient (Wildman–Crippen LogP) is 0.446. The summed E-state index contributed by atoms with van der Waals surface area (Å²) in [6.07, 6.45) is -1.15. The van der Waals surface area contributed by atoms with E-state index in [-0.39, 0.29) is 0 Å². The van der Waals surface area contributed by atoms with Gasteiger partial charge in [-0.05, 0) is 11.6 Å². The molecule has 1 fully saturated rings. The molecule has 1 unspecified atom stereocenters. The van der Waals surface area contributed by atoms with Crippen LogP contribution >= 0.6 is 0 Å². The van der Waals surface area contributed by atoms with Gasteiger partial charge in [0.25, 0.3) is 5.91 Å². The van der Waals surface area contributed by atoms with Gasteiger partial charge < -0.3 is 10.5 Å². The lowest BCUT2D eigenvalue weighted by Crippen LogP contribution is -2.26. The van der Waals surface area contributed by atoms with Crippen LogP contribution in [0.15, 0.2) is 24.3 Å². The normalized spacial score (nSPS) is 19.9. The fourth-order valence-corrected chi connectivity index (χ4v) is 1.45. The standard InChI is InChI=1S/C10H10N2O3/c11-7-4-2-1-3-6(7)5-8-9(13)12-10(14)15-8/h1-4,8H,5,11H2,(H,12,13,14). The van der Waals surface area contributed by atoms with Gasteiger partial charge in [-0.25, -0.2) is 4.79 Å². The molecule has 3 N–H and O–H groups in total. The number of anilines is 1. The van der Waals surface area contributed by atoms with Crippen molar-refractivity contribution in [2.24, 2.45) is 0 Å². The second-order valence-electron chi connectivity index (χ2n) is 3.29. The van der Waals surface area contributed by atoms with E-state index in [1.54, 1.807) is 18.2 Å². The van der Waals surface area contributed by atoms with E-state index >= 15 is 0 Å². The summed E-state index contributed by atoms with van der Waals surface area (Å²) in [4.78, 5) is 22.0. The molecule has 5 heteroatoms. The van der Waals surface area contributed by atoms with E-state index in [4.69, 9.17) is 10.5 Å². The Kier molecular flexibility index (Phi) is 2.29. The van der Waals surface area contributed by atoms with Gasteiger partial charge in [-0.3, -0.25) is 10.1 Å². The number of carbonyl (C=O) groups excluding carboxylic acids is 2. The van der Waals surface area contributed by atoms with Crippen LogP contribution in [0.2, 0.25) is 0 Å². The van der Waals surface area contributed by atoms with Crippen molar-refractivity contribution < 1.29 is 14.3 Å². The zero-order valence-corrected chi connectivity index (χ0v) is 7.90. The molecule has 0 spiro atoms. The highest BCUT2D eigenvalue weighted by Crippen LogP contribution is 2.16. The molecule has 2 rings (SSSR count). The molecule has 0 aliphatic carbocycles. The third-order valence-electron chi connectivity index (χ3n) is 2.23. The smallest absolute Gasteiger partial charge is 0.414 e. The summed E-state index contributed by atoms with van der Waals surface area (Å²) in [6, 6.07) is 7.17. The van der Waals surface area contributed by atoms with Crippen molar-refractivity contribution in [3.05, 3.63) is 29.8 Å². The Bertz CT molecular complexity index is 417. The summed E-state index contributed by atoms with van der Waals surface area (Å²) in [6.45, 7) is 0. The minimum absolute atomic E-state index is 0.310. The maximum Gasteiger partial charge on any atom is 0.414 e. The number of imide groups is 1. The molecule has 1 aromatic carbocycles. The number of nitrogens with one attached hydrogen (secondary N) is 1. The summed E-state index contributed by atoms with van der Waals surface area (Å²) >= 11 is 0. The highest BCUT2D eigenvalue weighted by molar-refractivity contribution is 6.00. The van der Waals surface area contributed by atoms with Crippen molar-refractivity contribution in [3.8, 4) is 0 Å². The molecule has 1 aromatic rings. The molecule has 5 nitrogen and oxygen atoms in total. The number of amides is 2. The highest BCUT2D eigenvalue weighted by Gasteiger charge is 2.32. The number of nitrogen functional groups attached to an aromatic ring is 1. The van der Waals surface area contributed by atoms with Crippen LogP contribution in [0.25, 0.3) is 0 Å². The first-order valence-corrected chi connectivity index (χ1v) is 4.51. The third kappa shape index (κ3) is 1.90. The molecule has 1 heterocycles. The largest absolute Gasteiger partial charge is 0.435 e. The number of hydrogen-bond donors (Lipinski definition) is 2. The molecule has 0 saturated carbocycles. The summed E-state index contributed by atoms with van der Waals surface area (Å²) in [5.74, 6) is -0.414. The topological polar surface area (TPSA) is 81.4 Å². The van der Waals surface area contributed by atoms with E-state index in [9.17, 15) is 9.59 Å². The zero-order valence-electron chi connectivity index (χ0n) is 7.90. The van der Waals surface area contributed by atoms with Gasteiger partial charge in [0.05, 0.1) is 0 Å². The average Bonchev–Trinajstić information content (AvgIpc) is 2.49. The molecular formula is C10H10N2O3. The Labute approximate surface area is 86.2 Å². The van der Waals surface area contributed by atoms with E-state index in [0.717, 1.165) is 5.56 Å². The molecule has 0 bridgehead atoms. The van der Waals surface area contributed by atoms with Crippen molar-refractivity contribution in [1.82, 2.24) is 5.32 Å². The molecule has 1 aliphatic rings. The Morgan fingerprint density at radius 1 is 1.33 bits per heavy atom. The number of rotatable bonds is 2. The number of carbonyl (C=O) groups is 2. The highest BCUT2D eigenvalue weighted by atomic mass is 16.6. The van der Waals surface area contributed by atoms with E-state index < -0.39 is 18.1 Å². The lowest BCUT2D eigenvalue weighted by atomic mass is 10.1. The maximum atomic E-state index is 11.2. The molecule has 1 aliphatic heterocycles. The second-order valence-corrected chi connectivity index (χ2v) is 3.29. The van der Waals surface area contributed by atoms with Crippen molar-refractivity contribution in [1.29, 1.82) is 0 Å².